The van der Waals surface area contributed by atoms with Gasteiger partial charge in [0.15, 0.2) is 0 Å². The van der Waals surface area contributed by atoms with Gasteiger partial charge in [0.05, 0.1) is 12.7 Å². The van der Waals surface area contributed by atoms with Crippen LogP contribution in [0.3, 0.4) is 0 Å². The van der Waals surface area contributed by atoms with E-state index < -0.39 is 0 Å². The quantitative estimate of drug-likeness (QED) is 0.534. The Morgan fingerprint density at radius 2 is 1.74 bits per heavy atom. The number of ether oxygens (including phenoxy) is 1. The lowest BCUT2D eigenvalue weighted by molar-refractivity contribution is -0.0138. The molecule has 0 radical (unpaired) electrons. The number of rotatable bonds is 5. The predicted octanol–water partition coefficient (Wildman–Crippen LogP) is 6.61. The smallest absolute Gasteiger partial charge is 0.0651 e. The van der Waals surface area contributed by atoms with Gasteiger partial charge >= 0.3 is 0 Å². The molecule has 27 heavy (non-hydrogen) atoms. The van der Waals surface area contributed by atoms with E-state index >= 15 is 0 Å². The summed E-state index contributed by atoms with van der Waals surface area (Å²) in [4.78, 5) is 0. The van der Waals surface area contributed by atoms with E-state index in [0.29, 0.717) is 6.10 Å². The van der Waals surface area contributed by atoms with Crippen LogP contribution in [-0.4, -0.2) is 12.7 Å². The molecular weight excluding hydrogens is 328 g/mol. The van der Waals surface area contributed by atoms with Gasteiger partial charge in [0.25, 0.3) is 0 Å². The highest BCUT2D eigenvalue weighted by Gasteiger charge is 2.38. The zero-order valence-corrected chi connectivity index (χ0v) is 17.0. The minimum Gasteiger partial charge on any atom is -0.374 e. The summed E-state index contributed by atoms with van der Waals surface area (Å²) in [6, 6.07) is 6.99. The van der Waals surface area contributed by atoms with Gasteiger partial charge in [0.2, 0.25) is 0 Å². The molecule has 146 valence electrons. The van der Waals surface area contributed by atoms with Gasteiger partial charge in [-0.05, 0) is 105 Å². The summed E-state index contributed by atoms with van der Waals surface area (Å²) in [5.74, 6) is 3.77. The SMILES string of the molecule is C=Cc1ccc2c(c1)CCC(C1CCC3CC(OC/C=C/C)CCC3C1)C2. The van der Waals surface area contributed by atoms with Gasteiger partial charge in [-0.1, -0.05) is 43.0 Å². The molecule has 0 amide bonds. The van der Waals surface area contributed by atoms with E-state index in [1.807, 2.05) is 6.08 Å². The summed E-state index contributed by atoms with van der Waals surface area (Å²) in [5.41, 5.74) is 4.47. The number of aryl methyl sites for hydroxylation is 1. The molecule has 2 saturated carbocycles. The van der Waals surface area contributed by atoms with E-state index in [1.54, 1.807) is 11.1 Å². The van der Waals surface area contributed by atoms with Gasteiger partial charge in [-0.15, -0.1) is 0 Å². The highest BCUT2D eigenvalue weighted by molar-refractivity contribution is 5.50. The van der Waals surface area contributed by atoms with Gasteiger partial charge in [-0.25, -0.2) is 0 Å². The van der Waals surface area contributed by atoms with Crippen molar-refractivity contribution >= 4 is 6.08 Å². The van der Waals surface area contributed by atoms with E-state index in [4.69, 9.17) is 4.74 Å². The van der Waals surface area contributed by atoms with E-state index in [9.17, 15) is 0 Å². The molecule has 0 spiro atoms. The van der Waals surface area contributed by atoms with Gasteiger partial charge in [-0.2, -0.15) is 0 Å². The molecular formula is C26H36O. The number of hydrogen-bond donors (Lipinski definition) is 0. The molecule has 0 heterocycles. The third-order valence-electron chi connectivity index (χ3n) is 7.67. The Morgan fingerprint density at radius 1 is 0.963 bits per heavy atom. The number of fused-ring (bicyclic) bond motifs is 2. The van der Waals surface area contributed by atoms with Crippen LogP contribution >= 0.6 is 0 Å². The van der Waals surface area contributed by atoms with E-state index in [1.165, 1.54) is 63.4 Å². The Hall–Kier alpha value is -1.34. The maximum absolute atomic E-state index is 6.08. The van der Waals surface area contributed by atoms with Crippen molar-refractivity contribution in [2.45, 2.75) is 70.8 Å². The minimum atomic E-state index is 0.514. The molecule has 4 rings (SSSR count). The first-order valence-corrected chi connectivity index (χ1v) is 11.2. The summed E-state index contributed by atoms with van der Waals surface area (Å²) in [5, 5.41) is 0. The highest BCUT2D eigenvalue weighted by Crippen LogP contribution is 2.47. The molecule has 0 aromatic heterocycles. The number of allylic oxidation sites excluding steroid dienone is 1. The van der Waals surface area contributed by atoms with Crippen LogP contribution in [0.5, 0.6) is 0 Å². The molecule has 1 aromatic rings. The Morgan fingerprint density at radius 3 is 2.56 bits per heavy atom. The third-order valence-corrected chi connectivity index (χ3v) is 7.67. The molecule has 0 saturated heterocycles. The van der Waals surface area contributed by atoms with Crippen molar-refractivity contribution in [1.82, 2.24) is 0 Å². The molecule has 0 aliphatic heterocycles. The molecule has 2 fully saturated rings. The zero-order valence-electron chi connectivity index (χ0n) is 17.0. The normalized spacial score (nSPS) is 33.4. The number of benzene rings is 1. The largest absolute Gasteiger partial charge is 0.374 e. The zero-order chi connectivity index (χ0) is 18.6. The van der Waals surface area contributed by atoms with Crippen molar-refractivity contribution in [2.24, 2.45) is 23.7 Å². The fourth-order valence-electron chi connectivity index (χ4n) is 6.08. The lowest BCUT2D eigenvalue weighted by atomic mass is 9.62. The van der Waals surface area contributed by atoms with Crippen LogP contribution in [0.4, 0.5) is 0 Å². The first-order chi connectivity index (χ1) is 13.3. The maximum atomic E-state index is 6.08. The van der Waals surface area contributed by atoms with Crippen molar-refractivity contribution in [2.75, 3.05) is 6.61 Å². The van der Waals surface area contributed by atoms with Crippen molar-refractivity contribution in [3.05, 3.63) is 53.6 Å². The van der Waals surface area contributed by atoms with Crippen LogP contribution < -0.4 is 0 Å². The van der Waals surface area contributed by atoms with E-state index in [0.717, 1.165) is 30.3 Å². The molecule has 3 aliphatic carbocycles. The van der Waals surface area contributed by atoms with Crippen molar-refractivity contribution in [3.63, 3.8) is 0 Å². The van der Waals surface area contributed by atoms with Gasteiger partial charge < -0.3 is 4.74 Å². The summed E-state index contributed by atoms with van der Waals surface area (Å²) >= 11 is 0. The summed E-state index contributed by atoms with van der Waals surface area (Å²) in [6.45, 7) is 6.80. The van der Waals surface area contributed by atoms with Crippen LogP contribution in [0.1, 0.15) is 68.6 Å². The molecule has 0 N–H and O–H groups in total. The molecule has 3 aliphatic rings. The molecule has 1 heteroatoms. The van der Waals surface area contributed by atoms with Crippen LogP contribution in [-0.2, 0) is 17.6 Å². The van der Waals surface area contributed by atoms with Gasteiger partial charge in [-0.3, -0.25) is 0 Å². The number of hydrogen-bond acceptors (Lipinski definition) is 1. The fourth-order valence-corrected chi connectivity index (χ4v) is 6.08. The third kappa shape index (κ3) is 4.40. The minimum absolute atomic E-state index is 0.514. The topological polar surface area (TPSA) is 9.23 Å². The Bertz CT molecular complexity index is 673. The van der Waals surface area contributed by atoms with Gasteiger partial charge in [0.1, 0.15) is 0 Å². The summed E-state index contributed by atoms with van der Waals surface area (Å²) < 4.78 is 6.08. The molecule has 1 nitrogen and oxygen atoms in total. The van der Waals surface area contributed by atoms with Crippen LogP contribution in [0.25, 0.3) is 6.08 Å². The van der Waals surface area contributed by atoms with E-state index in [-0.39, 0.29) is 0 Å². The summed E-state index contributed by atoms with van der Waals surface area (Å²) in [6.07, 6.45) is 19.1. The Labute approximate surface area is 165 Å². The predicted molar refractivity (Wildman–Crippen MR) is 115 cm³/mol. The molecule has 1 aromatic carbocycles. The highest BCUT2D eigenvalue weighted by atomic mass is 16.5. The average molecular weight is 365 g/mol. The lowest BCUT2D eigenvalue weighted by Crippen LogP contribution is -2.37. The Balaban J connectivity index is 1.32. The van der Waals surface area contributed by atoms with E-state index in [2.05, 4.69) is 43.9 Å². The van der Waals surface area contributed by atoms with Crippen LogP contribution in [0.2, 0.25) is 0 Å². The van der Waals surface area contributed by atoms with Crippen LogP contribution in [0, 0.1) is 23.7 Å². The molecule has 5 unspecified atom stereocenters. The average Bonchev–Trinajstić information content (AvgIpc) is 2.72. The van der Waals surface area contributed by atoms with Gasteiger partial charge in [0, 0.05) is 0 Å². The second-order valence-corrected chi connectivity index (χ2v) is 9.17. The standard InChI is InChI=1S/C26H36O/c1-3-5-14-27-26-13-12-24-17-23(10-11-25(24)18-26)22-9-8-20-15-19(4-2)6-7-21(20)16-22/h3-7,15,22-26H,2,8-14,16-18H2,1H3/b5-3+. The van der Waals surface area contributed by atoms with Crippen molar-refractivity contribution < 1.29 is 4.74 Å². The molecule has 0 bridgehead atoms. The second-order valence-electron chi connectivity index (χ2n) is 9.17. The molecule has 5 atom stereocenters. The lowest BCUT2D eigenvalue weighted by Gasteiger charge is -2.44. The maximum Gasteiger partial charge on any atom is 0.0651 e. The van der Waals surface area contributed by atoms with Crippen LogP contribution in [0.15, 0.2) is 36.9 Å². The second kappa shape index (κ2) is 8.78. The fraction of sp³-hybridized carbons (Fsp3) is 0.615. The summed E-state index contributed by atoms with van der Waals surface area (Å²) in [7, 11) is 0. The first-order valence-electron chi connectivity index (χ1n) is 11.2. The first kappa shape index (κ1) is 19.0. The van der Waals surface area contributed by atoms with Crippen molar-refractivity contribution in [1.29, 1.82) is 0 Å². The monoisotopic (exact) mass is 364 g/mol. The Kier molecular flexibility index (Phi) is 6.18. The van der Waals surface area contributed by atoms with Crippen molar-refractivity contribution in [3.8, 4) is 0 Å².